The molecule has 1 aromatic heterocycles. The minimum absolute atomic E-state index is 0.174. The molecule has 10 nitrogen and oxygen atoms in total. The molecule has 0 spiro atoms. The van der Waals surface area contributed by atoms with Gasteiger partial charge < -0.3 is 9.47 Å². The van der Waals surface area contributed by atoms with E-state index < -0.39 is 17.5 Å². The third-order valence-corrected chi connectivity index (χ3v) is 5.85. The summed E-state index contributed by atoms with van der Waals surface area (Å²) in [5.41, 5.74) is -0.0129. The average Bonchev–Trinajstić information content (AvgIpc) is 2.81. The highest BCUT2D eigenvalue weighted by molar-refractivity contribution is 9.10. The predicted octanol–water partition coefficient (Wildman–Crippen LogP) is 5.38. The number of carbonyl (C=O) groups is 1. The molecule has 0 atom stereocenters. The maximum absolute atomic E-state index is 13.3. The van der Waals surface area contributed by atoms with Gasteiger partial charge in [0, 0.05) is 27.0 Å². The van der Waals surface area contributed by atoms with E-state index in [2.05, 4.69) is 41.9 Å². The fourth-order valence-corrected chi connectivity index (χ4v) is 4.17. The van der Waals surface area contributed by atoms with E-state index in [-0.39, 0.29) is 28.7 Å². The van der Waals surface area contributed by atoms with Gasteiger partial charge in [0.1, 0.15) is 5.82 Å². The number of aryl methyl sites for hydroxylation is 1. The molecule has 2 aromatic carbocycles. The van der Waals surface area contributed by atoms with Gasteiger partial charge in [-0.1, -0.05) is 45.2 Å². The number of nitrogens with zero attached hydrogens (tertiary/aromatic N) is 4. The van der Waals surface area contributed by atoms with Gasteiger partial charge in [-0.3, -0.25) is 14.9 Å². The second-order valence-corrected chi connectivity index (χ2v) is 9.91. The number of esters is 1. The summed E-state index contributed by atoms with van der Waals surface area (Å²) in [6, 6.07) is 8.03. The van der Waals surface area contributed by atoms with Crippen molar-refractivity contribution in [3.8, 4) is 5.75 Å². The molecule has 190 valence electrons. The van der Waals surface area contributed by atoms with Gasteiger partial charge in [0.15, 0.2) is 6.61 Å². The first kappa shape index (κ1) is 27.5. The van der Waals surface area contributed by atoms with Gasteiger partial charge in [0.2, 0.25) is 5.75 Å². The van der Waals surface area contributed by atoms with Crippen LogP contribution in [-0.4, -0.2) is 39.5 Å². The van der Waals surface area contributed by atoms with Crippen LogP contribution in [-0.2, 0) is 16.0 Å². The summed E-state index contributed by atoms with van der Waals surface area (Å²) in [4.78, 5) is 41.0. The van der Waals surface area contributed by atoms with E-state index in [1.165, 1.54) is 17.0 Å². The topological polar surface area (TPSA) is 126 Å². The van der Waals surface area contributed by atoms with Crippen molar-refractivity contribution >= 4 is 60.6 Å². The Kier molecular flexibility index (Phi) is 9.32. The zero-order chi connectivity index (χ0) is 26.4. The van der Waals surface area contributed by atoms with E-state index >= 15 is 0 Å². The number of hydrogen-bond acceptors (Lipinski definition) is 8. The van der Waals surface area contributed by atoms with Crippen molar-refractivity contribution in [2.45, 2.75) is 46.1 Å². The zero-order valence-electron chi connectivity index (χ0n) is 19.9. The molecule has 0 aliphatic carbocycles. The number of aromatic nitrogens is 2. The lowest BCUT2D eigenvalue weighted by Gasteiger charge is -2.12. The highest BCUT2D eigenvalue weighted by Gasteiger charge is 2.22. The lowest BCUT2D eigenvalue weighted by molar-refractivity contribution is -0.385. The Morgan fingerprint density at radius 1 is 1.25 bits per heavy atom. The van der Waals surface area contributed by atoms with Crippen LogP contribution in [0, 0.1) is 10.1 Å². The molecule has 0 saturated heterocycles. The van der Waals surface area contributed by atoms with Gasteiger partial charge >= 0.3 is 11.7 Å². The Labute approximate surface area is 223 Å². The normalized spacial score (nSPS) is 11.4. The first-order valence-electron chi connectivity index (χ1n) is 11.2. The average molecular weight is 624 g/mol. The smallest absolute Gasteiger partial charge is 0.344 e. The van der Waals surface area contributed by atoms with Crippen molar-refractivity contribution < 1.29 is 19.2 Å². The summed E-state index contributed by atoms with van der Waals surface area (Å²) >= 11 is 6.63. The highest BCUT2D eigenvalue weighted by Crippen LogP contribution is 2.34. The first-order chi connectivity index (χ1) is 17.1. The van der Waals surface area contributed by atoms with Crippen LogP contribution in [0.5, 0.6) is 5.75 Å². The standard InChI is InChI=1S/C24H24Br2N4O6/c1-4-5-6-21-28-19-8-7-16(25)10-18(19)24(32)29(21)27-12-15-9-17(26)11-20(30(33)34)23(15)35-13-22(31)36-14(2)3/h7-12,14H,4-6,13H2,1-3H3. The van der Waals surface area contributed by atoms with Crippen molar-refractivity contribution in [3.63, 3.8) is 0 Å². The molecule has 0 saturated carbocycles. The largest absolute Gasteiger partial charge is 0.474 e. The Bertz CT molecular complexity index is 1390. The number of benzene rings is 2. The van der Waals surface area contributed by atoms with Crippen molar-refractivity contribution in [2.75, 3.05) is 6.61 Å². The van der Waals surface area contributed by atoms with Gasteiger partial charge in [-0.05, 0) is 44.5 Å². The second kappa shape index (κ2) is 12.2. The van der Waals surface area contributed by atoms with Gasteiger partial charge in [-0.2, -0.15) is 9.78 Å². The van der Waals surface area contributed by atoms with Crippen LogP contribution in [0.2, 0.25) is 0 Å². The zero-order valence-corrected chi connectivity index (χ0v) is 23.0. The van der Waals surface area contributed by atoms with E-state index in [4.69, 9.17) is 9.47 Å². The predicted molar refractivity (Wildman–Crippen MR) is 143 cm³/mol. The third kappa shape index (κ3) is 6.76. The van der Waals surface area contributed by atoms with E-state index in [1.807, 2.05) is 6.92 Å². The van der Waals surface area contributed by atoms with Crippen LogP contribution >= 0.6 is 31.9 Å². The van der Waals surface area contributed by atoms with Crippen LogP contribution in [0.25, 0.3) is 10.9 Å². The fraction of sp³-hybridized carbons (Fsp3) is 0.333. The number of nitro groups is 1. The lowest BCUT2D eigenvalue weighted by atomic mass is 10.2. The summed E-state index contributed by atoms with van der Waals surface area (Å²) in [7, 11) is 0. The van der Waals surface area contributed by atoms with E-state index in [0.29, 0.717) is 27.6 Å². The van der Waals surface area contributed by atoms with Crippen LogP contribution in [0.3, 0.4) is 0 Å². The van der Waals surface area contributed by atoms with Gasteiger partial charge in [0.05, 0.1) is 28.1 Å². The molecular weight excluding hydrogens is 600 g/mol. The number of halogens is 2. The molecular formula is C24H24Br2N4O6. The molecule has 0 unspecified atom stereocenters. The van der Waals surface area contributed by atoms with Crippen LogP contribution in [0.1, 0.15) is 45.0 Å². The molecule has 3 aromatic rings. The van der Waals surface area contributed by atoms with Gasteiger partial charge in [-0.25, -0.2) is 9.78 Å². The van der Waals surface area contributed by atoms with E-state index in [9.17, 15) is 19.7 Å². The third-order valence-electron chi connectivity index (χ3n) is 4.90. The Morgan fingerprint density at radius 2 is 2.00 bits per heavy atom. The summed E-state index contributed by atoms with van der Waals surface area (Å²) in [6.45, 7) is 4.86. The molecule has 3 rings (SSSR count). The van der Waals surface area contributed by atoms with Crippen molar-refractivity contribution in [3.05, 3.63) is 71.1 Å². The Morgan fingerprint density at radius 3 is 2.67 bits per heavy atom. The molecule has 0 amide bonds. The summed E-state index contributed by atoms with van der Waals surface area (Å²) in [6.07, 6.45) is 3.11. The molecule has 0 radical (unpaired) electrons. The Hall–Kier alpha value is -3.12. The maximum Gasteiger partial charge on any atom is 0.344 e. The van der Waals surface area contributed by atoms with Crippen molar-refractivity contribution in [1.29, 1.82) is 0 Å². The summed E-state index contributed by atoms with van der Waals surface area (Å²) in [5.74, 6) is -0.389. The van der Waals surface area contributed by atoms with Crippen LogP contribution in [0.15, 0.2) is 49.2 Å². The van der Waals surface area contributed by atoms with E-state index in [1.54, 1.807) is 38.1 Å². The summed E-state index contributed by atoms with van der Waals surface area (Å²) in [5, 5.41) is 16.4. The lowest BCUT2D eigenvalue weighted by Crippen LogP contribution is -2.22. The van der Waals surface area contributed by atoms with Crippen molar-refractivity contribution in [2.24, 2.45) is 5.10 Å². The molecule has 0 aliphatic heterocycles. The van der Waals surface area contributed by atoms with Gasteiger partial charge in [-0.15, -0.1) is 0 Å². The number of carbonyl (C=O) groups excluding carboxylic acids is 1. The molecule has 12 heteroatoms. The number of unbranched alkanes of at least 4 members (excludes halogenated alkanes) is 1. The van der Waals surface area contributed by atoms with E-state index in [0.717, 1.165) is 17.3 Å². The fourth-order valence-electron chi connectivity index (χ4n) is 3.35. The molecule has 0 aliphatic rings. The Balaban J connectivity index is 2.11. The molecule has 0 fully saturated rings. The van der Waals surface area contributed by atoms with Crippen LogP contribution in [0.4, 0.5) is 5.69 Å². The SMILES string of the molecule is CCCCc1nc2ccc(Br)cc2c(=O)n1N=Cc1cc(Br)cc([N+](=O)[O-])c1OCC(=O)OC(C)C. The quantitative estimate of drug-likeness (QED) is 0.128. The number of hydrogen-bond donors (Lipinski definition) is 0. The minimum atomic E-state index is -0.674. The van der Waals surface area contributed by atoms with Gasteiger partial charge in [0.25, 0.3) is 5.56 Å². The maximum atomic E-state index is 13.3. The first-order valence-corrected chi connectivity index (χ1v) is 12.7. The number of rotatable bonds is 10. The van der Waals surface area contributed by atoms with Crippen LogP contribution < -0.4 is 10.3 Å². The number of ether oxygens (including phenoxy) is 2. The molecule has 0 bridgehead atoms. The van der Waals surface area contributed by atoms with Crippen molar-refractivity contribution in [1.82, 2.24) is 9.66 Å². The summed E-state index contributed by atoms with van der Waals surface area (Å²) < 4.78 is 12.9. The molecule has 1 heterocycles. The highest BCUT2D eigenvalue weighted by atomic mass is 79.9. The molecule has 0 N–H and O–H groups in total. The minimum Gasteiger partial charge on any atom is -0.474 e. The number of fused-ring (bicyclic) bond motifs is 1. The second-order valence-electron chi connectivity index (χ2n) is 8.08. The molecule has 36 heavy (non-hydrogen) atoms. The monoisotopic (exact) mass is 622 g/mol. The number of nitro benzene ring substituents is 1.